The van der Waals surface area contributed by atoms with E-state index in [0.717, 1.165) is 5.56 Å². The molecule has 178 valence electrons. The summed E-state index contributed by atoms with van der Waals surface area (Å²) in [5, 5.41) is 4.32. The standard InChI is InChI=1S/C25H24N6O4/c1-15-27-14-31(28-15)23-19-10-9-18(21(19)20(35-3)11-26-23)22(32)25(34)29(2)17-12-30(13-17)24(33)16-7-5-4-6-8-16/h4-9,11,14,17H,10,12-13H2,1-3H3. The molecule has 0 N–H and O–H groups in total. The monoisotopic (exact) mass is 472 g/mol. The topological polar surface area (TPSA) is 111 Å². The van der Waals surface area contributed by atoms with Crippen LogP contribution in [-0.4, -0.2) is 80.4 Å². The maximum absolute atomic E-state index is 13.3. The summed E-state index contributed by atoms with van der Waals surface area (Å²) >= 11 is 0. The molecule has 10 nitrogen and oxygen atoms in total. The molecule has 1 fully saturated rings. The molecule has 0 radical (unpaired) electrons. The van der Waals surface area contributed by atoms with E-state index in [4.69, 9.17) is 4.74 Å². The second-order valence-electron chi connectivity index (χ2n) is 8.54. The quantitative estimate of drug-likeness (QED) is 0.500. The Morgan fingerprint density at radius 2 is 1.86 bits per heavy atom. The Labute approximate surface area is 201 Å². The van der Waals surface area contributed by atoms with Gasteiger partial charge in [-0.3, -0.25) is 14.4 Å². The van der Waals surface area contributed by atoms with Gasteiger partial charge in [-0.2, -0.15) is 5.10 Å². The van der Waals surface area contributed by atoms with Crippen LogP contribution in [-0.2, 0) is 16.0 Å². The summed E-state index contributed by atoms with van der Waals surface area (Å²) < 4.78 is 7.02. The number of pyridine rings is 1. The van der Waals surface area contributed by atoms with Crippen molar-refractivity contribution in [1.82, 2.24) is 29.5 Å². The number of ether oxygens (including phenoxy) is 1. The molecule has 0 bridgehead atoms. The van der Waals surface area contributed by atoms with E-state index in [2.05, 4.69) is 15.1 Å². The number of likely N-dealkylation sites (N-methyl/N-ethyl adjacent to an activating group) is 1. The van der Waals surface area contributed by atoms with Crippen LogP contribution in [0, 0.1) is 6.92 Å². The van der Waals surface area contributed by atoms with Gasteiger partial charge in [-0.15, -0.1) is 0 Å². The second kappa shape index (κ2) is 8.79. The van der Waals surface area contributed by atoms with E-state index in [1.165, 1.54) is 18.2 Å². The maximum atomic E-state index is 13.3. The number of hydrogen-bond donors (Lipinski definition) is 0. The van der Waals surface area contributed by atoms with Gasteiger partial charge in [0, 0.05) is 42.4 Å². The van der Waals surface area contributed by atoms with Gasteiger partial charge in [0.25, 0.3) is 17.6 Å². The van der Waals surface area contributed by atoms with Crippen molar-refractivity contribution in [2.75, 3.05) is 27.2 Å². The second-order valence-corrected chi connectivity index (χ2v) is 8.54. The Kier molecular flexibility index (Phi) is 5.64. The lowest BCUT2D eigenvalue weighted by molar-refractivity contribution is -0.144. The van der Waals surface area contributed by atoms with Gasteiger partial charge >= 0.3 is 0 Å². The number of aromatic nitrogens is 4. The fourth-order valence-corrected chi connectivity index (χ4v) is 4.39. The maximum Gasteiger partial charge on any atom is 0.295 e. The summed E-state index contributed by atoms with van der Waals surface area (Å²) in [6.07, 6.45) is 5.21. The highest BCUT2D eigenvalue weighted by Gasteiger charge is 2.39. The third kappa shape index (κ3) is 3.86. The zero-order chi connectivity index (χ0) is 24.7. The van der Waals surface area contributed by atoms with Crippen LogP contribution in [0.3, 0.4) is 0 Å². The van der Waals surface area contributed by atoms with Crippen LogP contribution in [0.5, 0.6) is 5.75 Å². The molecule has 3 aromatic rings. The number of carbonyl (C=O) groups excluding carboxylic acids is 3. The molecule has 5 rings (SSSR count). The molecule has 0 spiro atoms. The van der Waals surface area contributed by atoms with E-state index in [0.29, 0.717) is 48.0 Å². The van der Waals surface area contributed by atoms with Gasteiger partial charge < -0.3 is 14.5 Å². The van der Waals surface area contributed by atoms with Crippen LogP contribution in [0.25, 0.3) is 11.4 Å². The van der Waals surface area contributed by atoms with Gasteiger partial charge in [0.05, 0.1) is 19.3 Å². The van der Waals surface area contributed by atoms with Crippen LogP contribution in [0.15, 0.2) is 48.9 Å². The summed E-state index contributed by atoms with van der Waals surface area (Å²) in [5.74, 6) is 0.208. The minimum Gasteiger partial charge on any atom is -0.494 e. The van der Waals surface area contributed by atoms with Crippen molar-refractivity contribution < 1.29 is 19.1 Å². The highest BCUT2D eigenvalue weighted by atomic mass is 16.5. The molecule has 2 aliphatic rings. The number of hydrogen-bond acceptors (Lipinski definition) is 7. The Morgan fingerprint density at radius 1 is 1.11 bits per heavy atom. The number of amides is 2. The lowest BCUT2D eigenvalue weighted by Crippen LogP contribution is -2.62. The molecule has 0 saturated carbocycles. The summed E-state index contributed by atoms with van der Waals surface area (Å²) in [7, 11) is 3.09. The van der Waals surface area contributed by atoms with E-state index in [1.54, 1.807) is 48.1 Å². The highest BCUT2D eigenvalue weighted by Crippen LogP contribution is 2.38. The van der Waals surface area contributed by atoms with E-state index >= 15 is 0 Å². The number of rotatable bonds is 6. The van der Waals surface area contributed by atoms with Crippen molar-refractivity contribution >= 4 is 23.2 Å². The number of aryl methyl sites for hydroxylation is 1. The van der Waals surface area contributed by atoms with Crippen molar-refractivity contribution in [3.63, 3.8) is 0 Å². The van der Waals surface area contributed by atoms with Crippen LogP contribution in [0.4, 0.5) is 0 Å². The molecule has 3 heterocycles. The third-order valence-corrected chi connectivity index (χ3v) is 6.42. The Morgan fingerprint density at radius 3 is 2.51 bits per heavy atom. The molecule has 2 amide bonds. The molecule has 35 heavy (non-hydrogen) atoms. The van der Waals surface area contributed by atoms with Crippen molar-refractivity contribution in [3.8, 4) is 11.6 Å². The molecule has 1 saturated heterocycles. The molecule has 0 unspecified atom stereocenters. The van der Waals surface area contributed by atoms with E-state index in [9.17, 15) is 14.4 Å². The average molecular weight is 473 g/mol. The Hall–Kier alpha value is -4.34. The number of benzene rings is 1. The number of likely N-dealkylation sites (tertiary alicyclic amines) is 1. The summed E-state index contributed by atoms with van der Waals surface area (Å²) in [4.78, 5) is 50.7. The van der Waals surface area contributed by atoms with Crippen molar-refractivity contribution in [2.24, 2.45) is 0 Å². The molecular formula is C25H24N6O4. The lowest BCUT2D eigenvalue weighted by Gasteiger charge is -2.43. The number of ketones is 1. The van der Waals surface area contributed by atoms with Crippen molar-refractivity contribution in [3.05, 3.63) is 71.4 Å². The van der Waals surface area contributed by atoms with Crippen molar-refractivity contribution in [2.45, 2.75) is 19.4 Å². The van der Waals surface area contributed by atoms with Crippen LogP contribution >= 0.6 is 0 Å². The van der Waals surface area contributed by atoms with Crippen LogP contribution in [0.2, 0.25) is 0 Å². The Balaban J connectivity index is 1.32. The largest absolute Gasteiger partial charge is 0.494 e. The average Bonchev–Trinajstić information content (AvgIpc) is 3.48. The van der Waals surface area contributed by atoms with E-state index in [1.807, 2.05) is 18.2 Å². The first-order valence-corrected chi connectivity index (χ1v) is 11.2. The first-order valence-electron chi connectivity index (χ1n) is 11.2. The number of nitrogens with zero attached hydrogens (tertiary/aromatic N) is 6. The van der Waals surface area contributed by atoms with Gasteiger partial charge in [-0.1, -0.05) is 24.3 Å². The van der Waals surface area contributed by atoms with E-state index in [-0.39, 0.29) is 17.5 Å². The number of fused-ring (bicyclic) bond motifs is 1. The molecule has 1 aromatic carbocycles. The normalized spacial score (nSPS) is 14.7. The number of allylic oxidation sites excluding steroid dienone is 1. The minimum absolute atomic E-state index is 0.0884. The molecular weight excluding hydrogens is 448 g/mol. The van der Waals surface area contributed by atoms with Crippen LogP contribution < -0.4 is 4.74 Å². The first-order chi connectivity index (χ1) is 16.9. The molecule has 0 atom stereocenters. The van der Waals surface area contributed by atoms with Gasteiger partial charge in [-0.25, -0.2) is 14.6 Å². The van der Waals surface area contributed by atoms with Gasteiger partial charge in [-0.05, 0) is 25.5 Å². The molecule has 1 aliphatic carbocycles. The lowest BCUT2D eigenvalue weighted by atomic mass is 10.00. The zero-order valence-corrected chi connectivity index (χ0v) is 19.6. The molecule has 10 heteroatoms. The summed E-state index contributed by atoms with van der Waals surface area (Å²) in [6.45, 7) is 2.53. The molecule has 1 aliphatic heterocycles. The predicted molar refractivity (Wildman–Crippen MR) is 126 cm³/mol. The SMILES string of the molecule is COc1cnc(-n2cnc(C)n2)c2c1C(C(=O)C(=O)N(C)C1CN(C(=O)c3ccccc3)C1)=CC2. The van der Waals surface area contributed by atoms with Crippen molar-refractivity contribution in [1.29, 1.82) is 0 Å². The zero-order valence-electron chi connectivity index (χ0n) is 19.6. The fourth-order valence-electron chi connectivity index (χ4n) is 4.39. The van der Waals surface area contributed by atoms with Gasteiger partial charge in [0.1, 0.15) is 17.9 Å². The molecule has 2 aromatic heterocycles. The Bertz CT molecular complexity index is 1360. The fraction of sp³-hybridized carbons (Fsp3) is 0.280. The predicted octanol–water partition coefficient (Wildman–Crippen LogP) is 1.47. The summed E-state index contributed by atoms with van der Waals surface area (Å²) in [6, 6.07) is 8.76. The van der Waals surface area contributed by atoms with Crippen LogP contribution in [0.1, 0.15) is 27.3 Å². The smallest absolute Gasteiger partial charge is 0.295 e. The number of methoxy groups -OCH3 is 1. The first kappa shape index (κ1) is 22.5. The number of carbonyl (C=O) groups is 3. The van der Waals surface area contributed by atoms with E-state index < -0.39 is 11.7 Å². The summed E-state index contributed by atoms with van der Waals surface area (Å²) in [5.41, 5.74) is 2.18. The highest BCUT2D eigenvalue weighted by molar-refractivity contribution is 6.54. The van der Waals surface area contributed by atoms with Gasteiger partial charge in [0.2, 0.25) is 0 Å². The third-order valence-electron chi connectivity index (χ3n) is 6.42. The minimum atomic E-state index is -0.627. The van der Waals surface area contributed by atoms with Gasteiger partial charge in [0.15, 0.2) is 5.82 Å². The number of Topliss-reactive ketones (excluding diaryl/α,β-unsaturated/α-hetero) is 1.